The van der Waals surface area contributed by atoms with Gasteiger partial charge in [0, 0.05) is 4.70 Å². The third-order valence-electron chi connectivity index (χ3n) is 1.86. The van der Waals surface area contributed by atoms with E-state index in [2.05, 4.69) is 11.7 Å². The van der Waals surface area contributed by atoms with Crippen molar-refractivity contribution in [3.63, 3.8) is 0 Å². The Morgan fingerprint density at radius 1 is 1.27 bits per heavy atom. The Kier molecular flexibility index (Phi) is 2.34. The Balaban J connectivity index is 2.39. The van der Waals surface area contributed by atoms with Crippen molar-refractivity contribution in [2.75, 3.05) is 0 Å². The van der Waals surface area contributed by atoms with E-state index in [1.807, 2.05) is 0 Å². The molecule has 0 atom stereocenters. The van der Waals surface area contributed by atoms with Gasteiger partial charge in [-0.1, -0.05) is 0 Å². The Morgan fingerprint density at radius 3 is 2.67 bits per heavy atom. The topological polar surface area (TPSA) is 9.23 Å². The van der Waals surface area contributed by atoms with Crippen LogP contribution in [0.5, 0.6) is 5.75 Å². The number of halogens is 3. The van der Waals surface area contributed by atoms with Gasteiger partial charge in [0.05, 0.1) is 0 Å². The van der Waals surface area contributed by atoms with E-state index in [9.17, 15) is 13.2 Å². The summed E-state index contributed by atoms with van der Waals surface area (Å²) in [5.74, 6) is -0.197. The lowest BCUT2D eigenvalue weighted by molar-refractivity contribution is -0.274. The monoisotopic (exact) mass is 231 g/mol. The van der Waals surface area contributed by atoms with Crippen molar-refractivity contribution in [2.45, 2.75) is 6.36 Å². The molecule has 0 spiro atoms. The van der Waals surface area contributed by atoms with E-state index in [0.29, 0.717) is 0 Å². The van der Waals surface area contributed by atoms with Crippen LogP contribution in [0.1, 0.15) is 5.56 Å². The second-order valence-corrected chi connectivity index (χ2v) is 3.88. The van der Waals surface area contributed by atoms with Gasteiger partial charge in [-0.05, 0) is 41.5 Å². The van der Waals surface area contributed by atoms with Crippen LogP contribution < -0.4 is 4.74 Å². The van der Waals surface area contributed by atoms with Crippen LogP contribution in [-0.4, -0.2) is 6.36 Å². The van der Waals surface area contributed by atoms with Gasteiger partial charge in [-0.25, -0.2) is 0 Å². The highest BCUT2D eigenvalue weighted by molar-refractivity contribution is 7.17. The van der Waals surface area contributed by atoms with E-state index < -0.39 is 6.36 Å². The second-order valence-electron chi connectivity index (χ2n) is 2.97. The molecule has 0 bridgehead atoms. The molecular weight excluding hydrogens is 225 g/mol. The van der Waals surface area contributed by atoms with Crippen LogP contribution in [0.15, 0.2) is 23.6 Å². The fourth-order valence-corrected chi connectivity index (χ4v) is 2.17. The van der Waals surface area contributed by atoms with E-state index >= 15 is 0 Å². The van der Waals surface area contributed by atoms with Crippen molar-refractivity contribution < 1.29 is 17.9 Å². The van der Waals surface area contributed by atoms with Crippen LogP contribution in [0.2, 0.25) is 0 Å². The van der Waals surface area contributed by atoms with Crippen LogP contribution in [-0.2, 0) is 0 Å². The van der Waals surface area contributed by atoms with Gasteiger partial charge in [0.25, 0.3) is 0 Å². The zero-order valence-corrected chi connectivity index (χ0v) is 8.28. The molecule has 0 saturated carbocycles. The molecule has 5 heteroatoms. The van der Waals surface area contributed by atoms with Crippen LogP contribution >= 0.6 is 11.3 Å². The Labute approximate surface area is 88.1 Å². The molecule has 2 rings (SSSR count). The SMILES string of the molecule is [CH2]c1csc2cc(OC(F)(F)F)ccc12. The lowest BCUT2D eigenvalue weighted by atomic mass is 10.2. The van der Waals surface area contributed by atoms with Gasteiger partial charge < -0.3 is 4.74 Å². The summed E-state index contributed by atoms with van der Waals surface area (Å²) < 4.78 is 40.3. The summed E-state index contributed by atoms with van der Waals surface area (Å²) in [6.45, 7) is 3.76. The molecule has 1 radical (unpaired) electrons. The predicted molar refractivity (Wildman–Crippen MR) is 53.0 cm³/mol. The van der Waals surface area contributed by atoms with E-state index in [1.54, 1.807) is 11.4 Å². The first-order valence-electron chi connectivity index (χ1n) is 4.05. The molecule has 0 amide bonds. The summed E-state index contributed by atoms with van der Waals surface area (Å²) in [6.07, 6.45) is -4.64. The third-order valence-corrected chi connectivity index (χ3v) is 2.85. The van der Waals surface area contributed by atoms with Gasteiger partial charge in [-0.3, -0.25) is 0 Å². The maximum Gasteiger partial charge on any atom is 0.573 e. The molecule has 2 aromatic rings. The number of thiophene rings is 1. The second kappa shape index (κ2) is 3.41. The molecule has 1 heterocycles. The van der Waals surface area contributed by atoms with Crippen molar-refractivity contribution in [1.82, 2.24) is 0 Å². The van der Waals surface area contributed by atoms with Gasteiger partial charge in [0.1, 0.15) is 5.75 Å². The molecule has 0 N–H and O–H groups in total. The highest BCUT2D eigenvalue weighted by Gasteiger charge is 2.31. The molecule has 1 nitrogen and oxygen atoms in total. The third kappa shape index (κ3) is 2.23. The van der Waals surface area contributed by atoms with Crippen LogP contribution in [0.25, 0.3) is 10.1 Å². The fraction of sp³-hybridized carbons (Fsp3) is 0.100. The van der Waals surface area contributed by atoms with E-state index in [-0.39, 0.29) is 5.75 Å². The Morgan fingerprint density at radius 2 is 2.00 bits per heavy atom. The van der Waals surface area contributed by atoms with Crippen LogP contribution in [0.3, 0.4) is 0 Å². The van der Waals surface area contributed by atoms with Gasteiger partial charge in [-0.15, -0.1) is 24.5 Å². The summed E-state index contributed by atoms with van der Waals surface area (Å²) in [6, 6.07) is 4.23. The van der Waals surface area contributed by atoms with Gasteiger partial charge in [-0.2, -0.15) is 0 Å². The minimum atomic E-state index is -4.64. The van der Waals surface area contributed by atoms with Crippen molar-refractivity contribution >= 4 is 21.4 Å². The number of benzene rings is 1. The molecule has 0 aliphatic rings. The summed E-state index contributed by atoms with van der Waals surface area (Å²) in [5, 5.41) is 2.65. The minimum Gasteiger partial charge on any atom is -0.406 e. The highest BCUT2D eigenvalue weighted by Crippen LogP contribution is 2.31. The fourth-order valence-electron chi connectivity index (χ4n) is 1.26. The maximum absolute atomic E-state index is 11.9. The summed E-state index contributed by atoms with van der Waals surface area (Å²) in [4.78, 5) is 0. The van der Waals surface area contributed by atoms with Gasteiger partial charge >= 0.3 is 6.36 Å². The molecule has 0 saturated heterocycles. The first-order chi connectivity index (χ1) is 6.96. The van der Waals surface area contributed by atoms with Gasteiger partial charge in [0.2, 0.25) is 0 Å². The molecule has 1 aromatic heterocycles. The Bertz CT molecular complexity index is 487. The van der Waals surface area contributed by atoms with Crippen molar-refractivity contribution in [3.8, 4) is 5.75 Å². The lowest BCUT2D eigenvalue weighted by Crippen LogP contribution is -2.16. The highest BCUT2D eigenvalue weighted by atomic mass is 32.1. The average Bonchev–Trinajstić information content (AvgIpc) is 2.45. The lowest BCUT2D eigenvalue weighted by Gasteiger charge is -2.08. The first-order valence-corrected chi connectivity index (χ1v) is 4.92. The normalized spacial score (nSPS) is 12.0. The van der Waals surface area contributed by atoms with E-state index in [0.717, 1.165) is 15.6 Å². The quantitative estimate of drug-likeness (QED) is 0.721. The van der Waals surface area contributed by atoms with Gasteiger partial charge in [0.15, 0.2) is 0 Å². The smallest absolute Gasteiger partial charge is 0.406 e. The van der Waals surface area contributed by atoms with Crippen molar-refractivity contribution in [3.05, 3.63) is 36.1 Å². The molecule has 1 aromatic carbocycles. The number of ether oxygens (including phenoxy) is 1. The molecule has 15 heavy (non-hydrogen) atoms. The standard InChI is InChI=1S/C10H6F3OS/c1-6-5-15-9-4-7(2-3-8(6)9)14-10(11,12)13/h2-5H,1H2. The summed E-state index contributed by atoms with van der Waals surface area (Å²) >= 11 is 1.34. The molecule has 0 aliphatic heterocycles. The molecule has 79 valence electrons. The molecule has 0 fully saturated rings. The summed E-state index contributed by atoms with van der Waals surface area (Å²) in [5.41, 5.74) is 0.813. The molecular formula is C10H6F3OS. The summed E-state index contributed by atoms with van der Waals surface area (Å²) in [7, 11) is 0. The number of hydrogen-bond acceptors (Lipinski definition) is 2. The Hall–Kier alpha value is -1.23. The maximum atomic E-state index is 11.9. The number of alkyl halides is 3. The van der Waals surface area contributed by atoms with E-state index in [1.165, 1.54) is 23.5 Å². The number of rotatable bonds is 1. The average molecular weight is 231 g/mol. The largest absolute Gasteiger partial charge is 0.573 e. The first kappa shape index (κ1) is 10.3. The van der Waals surface area contributed by atoms with E-state index in [4.69, 9.17) is 0 Å². The zero-order valence-electron chi connectivity index (χ0n) is 7.47. The minimum absolute atomic E-state index is 0.197. The van der Waals surface area contributed by atoms with Crippen LogP contribution in [0.4, 0.5) is 13.2 Å². The molecule has 0 aliphatic carbocycles. The van der Waals surface area contributed by atoms with Crippen LogP contribution in [0, 0.1) is 6.92 Å². The number of fused-ring (bicyclic) bond motifs is 1. The van der Waals surface area contributed by atoms with Crippen molar-refractivity contribution in [1.29, 1.82) is 0 Å². The van der Waals surface area contributed by atoms with Crippen molar-refractivity contribution in [2.24, 2.45) is 0 Å². The number of hydrogen-bond donors (Lipinski definition) is 0. The zero-order chi connectivity index (χ0) is 11.1. The molecule has 0 unspecified atom stereocenters. The predicted octanol–water partition coefficient (Wildman–Crippen LogP) is 3.98.